The predicted octanol–water partition coefficient (Wildman–Crippen LogP) is 11.4. The van der Waals surface area contributed by atoms with Crippen LogP contribution in [-0.4, -0.2) is 10.3 Å². The Morgan fingerprint density at radius 2 is 1.22 bits per heavy atom. The zero-order chi connectivity index (χ0) is 32.1. The van der Waals surface area contributed by atoms with Crippen LogP contribution in [0.5, 0.6) is 0 Å². The van der Waals surface area contributed by atoms with Crippen LogP contribution in [0.1, 0.15) is 52.1 Å². The van der Waals surface area contributed by atoms with Gasteiger partial charge in [0.05, 0.1) is 27.8 Å². The molecule has 2 unspecified atom stereocenters. The second kappa shape index (κ2) is 10.0. The van der Waals surface area contributed by atoms with Crippen molar-refractivity contribution in [2.24, 2.45) is 4.99 Å². The first kappa shape index (κ1) is 27.0. The van der Waals surface area contributed by atoms with Crippen molar-refractivity contribution in [3.05, 3.63) is 203 Å². The fourth-order valence-corrected chi connectivity index (χ4v) is 9.63. The van der Waals surface area contributed by atoms with Gasteiger partial charge in [-0.2, -0.15) is 0 Å². The van der Waals surface area contributed by atoms with Crippen LogP contribution >= 0.6 is 0 Å². The molecule has 1 spiro atoms. The van der Waals surface area contributed by atoms with Crippen molar-refractivity contribution in [1.82, 2.24) is 4.57 Å². The Labute approximate surface area is 285 Å². The minimum absolute atomic E-state index is 0.137. The summed E-state index contributed by atoms with van der Waals surface area (Å²) < 4.78 is 2.53. The smallest absolute Gasteiger partial charge is 0.0739 e. The lowest BCUT2D eigenvalue weighted by Crippen LogP contribution is -2.36. The number of rotatable bonds is 2. The fraction of sp³-hybridized carbons (Fsp3) is 0.0851. The van der Waals surface area contributed by atoms with Crippen LogP contribution in [0.3, 0.4) is 0 Å². The van der Waals surface area contributed by atoms with Crippen LogP contribution in [-0.2, 0) is 5.41 Å². The SMILES string of the molecule is c1ccc(C2=NC3=C(C(c4cccc5ccccc45)CC2)C2(c4ccccc43)c3ccccc3-n3c4ccccc4c4cccc2c43)cc1. The molecule has 1 aromatic heterocycles. The predicted molar refractivity (Wildman–Crippen MR) is 203 cm³/mol. The minimum Gasteiger partial charge on any atom is -0.309 e. The van der Waals surface area contributed by atoms with Crippen LogP contribution in [0.2, 0.25) is 0 Å². The van der Waals surface area contributed by atoms with Crippen molar-refractivity contribution >= 4 is 44.0 Å². The Morgan fingerprint density at radius 3 is 2.14 bits per heavy atom. The molecule has 7 aromatic carbocycles. The minimum atomic E-state index is -0.524. The van der Waals surface area contributed by atoms with Gasteiger partial charge in [-0.15, -0.1) is 0 Å². The van der Waals surface area contributed by atoms with Gasteiger partial charge < -0.3 is 4.57 Å². The van der Waals surface area contributed by atoms with Gasteiger partial charge in [0.15, 0.2) is 0 Å². The summed E-state index contributed by atoms with van der Waals surface area (Å²) in [5, 5.41) is 5.21. The van der Waals surface area contributed by atoms with Gasteiger partial charge in [0.1, 0.15) is 0 Å². The molecule has 0 saturated carbocycles. The molecule has 2 atom stereocenters. The van der Waals surface area contributed by atoms with E-state index in [0.717, 1.165) is 18.5 Å². The number of aromatic nitrogens is 1. The zero-order valence-electron chi connectivity index (χ0n) is 27.0. The summed E-state index contributed by atoms with van der Waals surface area (Å²) in [5.41, 5.74) is 14.9. The Bertz CT molecular complexity index is 2720. The van der Waals surface area contributed by atoms with E-state index in [-0.39, 0.29) is 5.92 Å². The molecule has 0 radical (unpaired) electrons. The normalized spacial score (nSPS) is 19.2. The molecule has 0 fully saturated rings. The van der Waals surface area contributed by atoms with Gasteiger partial charge in [-0.05, 0) is 69.1 Å². The van der Waals surface area contributed by atoms with E-state index in [1.807, 2.05) is 0 Å². The standard InChI is InChI=1S/C47H32N2/c1-2-15-31(16-3-1)41-29-28-35(33-21-12-17-30-14-4-5-18-32(30)33)44-45(48-41)37-20-6-8-23-38(37)47(44)39-24-9-11-27-43(39)49-42-26-10-7-19-34(42)36-22-13-25-40(47)46(36)49/h1-27,35H,28-29H2. The van der Waals surface area contributed by atoms with Crippen molar-refractivity contribution in [1.29, 1.82) is 0 Å². The summed E-state index contributed by atoms with van der Waals surface area (Å²) in [4.78, 5) is 5.78. The number of nitrogens with zero attached hydrogens (tertiary/aromatic N) is 2. The molecule has 0 bridgehead atoms. The van der Waals surface area contributed by atoms with E-state index >= 15 is 0 Å². The lowest BCUT2D eigenvalue weighted by atomic mass is 9.60. The average Bonchev–Trinajstić information content (AvgIpc) is 3.56. The van der Waals surface area contributed by atoms with Gasteiger partial charge in [0.25, 0.3) is 0 Å². The molecule has 0 N–H and O–H groups in total. The molecule has 2 nitrogen and oxygen atoms in total. The molecule has 1 aliphatic carbocycles. The highest BCUT2D eigenvalue weighted by atomic mass is 15.0. The summed E-state index contributed by atoms with van der Waals surface area (Å²) in [6.45, 7) is 0. The maximum Gasteiger partial charge on any atom is 0.0739 e. The second-order valence-corrected chi connectivity index (χ2v) is 13.7. The maximum absolute atomic E-state index is 5.78. The first-order valence-corrected chi connectivity index (χ1v) is 17.4. The molecule has 0 amide bonds. The van der Waals surface area contributed by atoms with E-state index in [2.05, 4.69) is 168 Å². The second-order valence-electron chi connectivity index (χ2n) is 13.7. The first-order chi connectivity index (χ1) is 24.3. The summed E-state index contributed by atoms with van der Waals surface area (Å²) in [7, 11) is 0. The quantitative estimate of drug-likeness (QED) is 0.182. The van der Waals surface area contributed by atoms with Gasteiger partial charge in [0, 0.05) is 28.0 Å². The van der Waals surface area contributed by atoms with E-state index in [1.165, 1.54) is 82.9 Å². The van der Waals surface area contributed by atoms with Crippen molar-refractivity contribution < 1.29 is 0 Å². The maximum atomic E-state index is 5.78. The highest BCUT2D eigenvalue weighted by Gasteiger charge is 2.55. The molecule has 8 aromatic rings. The number of hydrogen-bond acceptors (Lipinski definition) is 1. The van der Waals surface area contributed by atoms with Crippen molar-refractivity contribution in [2.75, 3.05) is 0 Å². The van der Waals surface area contributed by atoms with E-state index in [9.17, 15) is 0 Å². The monoisotopic (exact) mass is 624 g/mol. The summed E-state index contributed by atoms with van der Waals surface area (Å²) in [6, 6.07) is 60.9. The van der Waals surface area contributed by atoms with Crippen LogP contribution in [0.15, 0.2) is 174 Å². The molecule has 2 heteroatoms. The average molecular weight is 625 g/mol. The molecule has 11 rings (SSSR count). The highest BCUT2D eigenvalue weighted by molar-refractivity contribution is 6.13. The number of hydrogen-bond donors (Lipinski definition) is 0. The Morgan fingerprint density at radius 1 is 0.551 bits per heavy atom. The van der Waals surface area contributed by atoms with Crippen LogP contribution in [0, 0.1) is 0 Å². The van der Waals surface area contributed by atoms with E-state index in [0.29, 0.717) is 0 Å². The number of aliphatic imine (C=N–C) groups is 1. The largest absolute Gasteiger partial charge is 0.309 e. The van der Waals surface area contributed by atoms with Gasteiger partial charge >= 0.3 is 0 Å². The molecule has 2 aliphatic heterocycles. The molecule has 3 aliphatic rings. The first-order valence-electron chi connectivity index (χ1n) is 17.4. The summed E-state index contributed by atoms with van der Waals surface area (Å²) >= 11 is 0. The van der Waals surface area contributed by atoms with Gasteiger partial charge in [-0.3, -0.25) is 4.99 Å². The molecular weight excluding hydrogens is 593 g/mol. The Balaban J connectivity index is 1.34. The zero-order valence-corrected chi connectivity index (χ0v) is 27.0. The molecule has 0 saturated heterocycles. The summed E-state index contributed by atoms with van der Waals surface area (Å²) in [5.74, 6) is 0.137. The molecule has 49 heavy (non-hydrogen) atoms. The van der Waals surface area contributed by atoms with Gasteiger partial charge in [-0.25, -0.2) is 0 Å². The fourth-order valence-electron chi connectivity index (χ4n) is 9.63. The molecule has 3 heterocycles. The van der Waals surface area contributed by atoms with Gasteiger partial charge in [0.2, 0.25) is 0 Å². The molecular formula is C47H32N2. The Hall–Kier alpha value is -5.99. The van der Waals surface area contributed by atoms with E-state index in [4.69, 9.17) is 4.99 Å². The topological polar surface area (TPSA) is 17.3 Å². The van der Waals surface area contributed by atoms with Crippen LogP contribution in [0.4, 0.5) is 0 Å². The van der Waals surface area contributed by atoms with E-state index in [1.54, 1.807) is 0 Å². The van der Waals surface area contributed by atoms with E-state index < -0.39 is 5.41 Å². The highest BCUT2D eigenvalue weighted by Crippen LogP contribution is 2.64. The third-order valence-corrected chi connectivity index (χ3v) is 11.5. The lowest BCUT2D eigenvalue weighted by Gasteiger charge is -2.43. The van der Waals surface area contributed by atoms with Crippen molar-refractivity contribution in [3.63, 3.8) is 0 Å². The van der Waals surface area contributed by atoms with Crippen LogP contribution in [0.25, 0.3) is 44.0 Å². The number of para-hydroxylation sites is 3. The third-order valence-electron chi connectivity index (χ3n) is 11.5. The van der Waals surface area contributed by atoms with Crippen molar-refractivity contribution in [3.8, 4) is 5.69 Å². The van der Waals surface area contributed by atoms with Gasteiger partial charge in [-0.1, -0.05) is 152 Å². The third kappa shape index (κ3) is 3.48. The molecule has 230 valence electrons. The Kier molecular flexibility index (Phi) is 5.52. The number of fused-ring (bicyclic) bond motifs is 12. The summed E-state index contributed by atoms with van der Waals surface area (Å²) in [6.07, 6.45) is 1.87. The number of benzene rings is 7. The number of allylic oxidation sites excluding steroid dienone is 1. The van der Waals surface area contributed by atoms with Crippen LogP contribution < -0.4 is 0 Å². The lowest BCUT2D eigenvalue weighted by molar-refractivity contribution is 0.618. The van der Waals surface area contributed by atoms with Crippen molar-refractivity contribution in [2.45, 2.75) is 24.2 Å².